The van der Waals surface area contributed by atoms with Crippen LogP contribution in [0.5, 0.6) is 0 Å². The summed E-state index contributed by atoms with van der Waals surface area (Å²) in [6.45, 7) is 3.31. The van der Waals surface area contributed by atoms with Gasteiger partial charge >= 0.3 is 5.97 Å². The molecule has 0 saturated heterocycles. The van der Waals surface area contributed by atoms with Gasteiger partial charge in [-0.15, -0.1) is 0 Å². The molecule has 0 aliphatic carbocycles. The lowest BCUT2D eigenvalue weighted by atomic mass is 10.1. The minimum Gasteiger partial charge on any atom is -0.478 e. The molecule has 1 aromatic carbocycles. The smallest absolute Gasteiger partial charge is 0.335 e. The van der Waals surface area contributed by atoms with Gasteiger partial charge in [-0.05, 0) is 37.6 Å². The van der Waals surface area contributed by atoms with Crippen LogP contribution in [0, 0.1) is 13.8 Å². The molecule has 0 spiro atoms. The molecule has 6 nitrogen and oxygen atoms in total. The predicted molar refractivity (Wildman–Crippen MR) is 82.2 cm³/mol. The number of aromatic carboxylic acids is 1. The van der Waals surface area contributed by atoms with Crippen LogP contribution in [0.4, 0.5) is 5.69 Å². The highest BCUT2D eigenvalue weighted by Gasteiger charge is 2.10. The number of aromatic nitrogens is 1. The van der Waals surface area contributed by atoms with Crippen LogP contribution in [-0.4, -0.2) is 21.6 Å². The van der Waals surface area contributed by atoms with Gasteiger partial charge in [-0.1, -0.05) is 12.1 Å². The number of aryl methyl sites for hydroxylation is 2. The molecule has 1 heterocycles. The van der Waals surface area contributed by atoms with Crippen LogP contribution in [0.2, 0.25) is 0 Å². The summed E-state index contributed by atoms with van der Waals surface area (Å²) >= 11 is 0. The molecule has 0 aliphatic rings. The van der Waals surface area contributed by atoms with Gasteiger partial charge in [0.15, 0.2) is 0 Å². The Hall–Kier alpha value is -2.89. The maximum atomic E-state index is 12.1. The van der Waals surface area contributed by atoms with Crippen molar-refractivity contribution in [2.75, 3.05) is 5.32 Å². The molecule has 0 bridgehead atoms. The zero-order valence-electron chi connectivity index (χ0n) is 12.3. The zero-order valence-corrected chi connectivity index (χ0v) is 12.3. The van der Waals surface area contributed by atoms with Crippen LogP contribution in [0.1, 0.15) is 21.5 Å². The quantitative estimate of drug-likeness (QED) is 0.901. The number of carboxylic acids is 1. The third-order valence-corrected chi connectivity index (χ3v) is 3.28. The number of benzene rings is 1. The van der Waals surface area contributed by atoms with Gasteiger partial charge in [-0.2, -0.15) is 0 Å². The lowest BCUT2D eigenvalue weighted by Gasteiger charge is -2.11. The van der Waals surface area contributed by atoms with Gasteiger partial charge in [0.25, 0.3) is 5.56 Å². The molecule has 0 fully saturated rings. The van der Waals surface area contributed by atoms with Crippen LogP contribution in [-0.2, 0) is 11.3 Å². The number of hydrogen-bond donors (Lipinski definition) is 2. The summed E-state index contributed by atoms with van der Waals surface area (Å²) in [5.74, 6) is -1.45. The fraction of sp³-hybridized carbons (Fsp3) is 0.188. The first-order valence-electron chi connectivity index (χ1n) is 6.68. The summed E-state index contributed by atoms with van der Waals surface area (Å²) in [6.07, 6.45) is 1.54. The lowest BCUT2D eigenvalue weighted by Crippen LogP contribution is -2.28. The summed E-state index contributed by atoms with van der Waals surface area (Å²) < 4.78 is 1.31. The molecule has 0 saturated carbocycles. The summed E-state index contributed by atoms with van der Waals surface area (Å²) in [5.41, 5.74) is 1.59. The van der Waals surface area contributed by atoms with Gasteiger partial charge in [0, 0.05) is 17.4 Å². The maximum absolute atomic E-state index is 12.1. The van der Waals surface area contributed by atoms with Crippen molar-refractivity contribution in [1.29, 1.82) is 0 Å². The van der Waals surface area contributed by atoms with E-state index in [1.54, 1.807) is 32.0 Å². The lowest BCUT2D eigenvalue weighted by molar-refractivity contribution is -0.116. The number of carbonyl (C=O) groups is 2. The van der Waals surface area contributed by atoms with Crippen LogP contribution >= 0.6 is 0 Å². The van der Waals surface area contributed by atoms with E-state index >= 15 is 0 Å². The van der Waals surface area contributed by atoms with Crippen molar-refractivity contribution < 1.29 is 14.7 Å². The first-order valence-corrected chi connectivity index (χ1v) is 6.68. The average molecular weight is 300 g/mol. The molecule has 0 radical (unpaired) electrons. The van der Waals surface area contributed by atoms with E-state index in [1.165, 1.54) is 22.9 Å². The number of anilines is 1. The number of pyridine rings is 1. The van der Waals surface area contributed by atoms with E-state index in [1.807, 2.05) is 0 Å². The van der Waals surface area contributed by atoms with Crippen LogP contribution in [0.15, 0.2) is 41.3 Å². The predicted octanol–water partition coefficient (Wildman–Crippen LogP) is 1.80. The van der Waals surface area contributed by atoms with E-state index in [2.05, 4.69) is 5.32 Å². The number of carbonyl (C=O) groups excluding carboxylic acids is 1. The first kappa shape index (κ1) is 15.5. The summed E-state index contributed by atoms with van der Waals surface area (Å²) in [6, 6.07) is 7.86. The van der Waals surface area contributed by atoms with E-state index in [0.29, 0.717) is 11.3 Å². The first-order chi connectivity index (χ1) is 10.4. The van der Waals surface area contributed by atoms with Crippen molar-refractivity contribution in [3.8, 4) is 0 Å². The molecule has 2 N–H and O–H groups in total. The Morgan fingerprint density at radius 3 is 2.59 bits per heavy atom. The average Bonchev–Trinajstić information content (AvgIpc) is 2.46. The Morgan fingerprint density at radius 1 is 1.18 bits per heavy atom. The third kappa shape index (κ3) is 3.41. The Bertz CT molecular complexity index is 793. The Balaban J connectivity index is 2.19. The summed E-state index contributed by atoms with van der Waals surface area (Å²) in [4.78, 5) is 34.9. The number of hydrogen-bond acceptors (Lipinski definition) is 3. The largest absolute Gasteiger partial charge is 0.478 e. The zero-order chi connectivity index (χ0) is 16.3. The number of nitrogens with zero attached hydrogens (tertiary/aromatic N) is 1. The molecule has 0 aliphatic heterocycles. The van der Waals surface area contributed by atoms with Gasteiger partial charge in [0.1, 0.15) is 6.54 Å². The fourth-order valence-corrected chi connectivity index (χ4v) is 2.02. The van der Waals surface area contributed by atoms with Crippen molar-refractivity contribution >= 4 is 17.6 Å². The molecule has 2 aromatic rings. The second kappa shape index (κ2) is 6.26. The summed E-state index contributed by atoms with van der Waals surface area (Å²) in [5, 5.41) is 11.6. The van der Waals surface area contributed by atoms with E-state index in [9.17, 15) is 14.4 Å². The van der Waals surface area contributed by atoms with E-state index in [4.69, 9.17) is 5.11 Å². The van der Waals surface area contributed by atoms with Crippen LogP contribution < -0.4 is 10.9 Å². The molecule has 22 heavy (non-hydrogen) atoms. The number of rotatable bonds is 4. The van der Waals surface area contributed by atoms with Gasteiger partial charge in [0.05, 0.1) is 5.56 Å². The molecule has 1 amide bonds. The van der Waals surface area contributed by atoms with Crippen molar-refractivity contribution in [2.45, 2.75) is 20.4 Å². The Labute approximate surface area is 127 Å². The second-order valence-corrected chi connectivity index (χ2v) is 5.01. The van der Waals surface area contributed by atoms with Crippen molar-refractivity contribution in [3.05, 3.63) is 63.6 Å². The van der Waals surface area contributed by atoms with Crippen LogP contribution in [0.3, 0.4) is 0 Å². The number of carboxylic acid groups (broad SMARTS) is 1. The fourth-order valence-electron chi connectivity index (χ4n) is 2.02. The highest BCUT2D eigenvalue weighted by molar-refractivity contribution is 5.94. The van der Waals surface area contributed by atoms with Crippen molar-refractivity contribution in [2.24, 2.45) is 0 Å². The van der Waals surface area contributed by atoms with Crippen LogP contribution in [0.25, 0.3) is 0 Å². The molecule has 114 valence electrons. The molecular formula is C16H16N2O4. The topological polar surface area (TPSA) is 88.4 Å². The number of nitrogens with one attached hydrogen (secondary N) is 1. The molecule has 0 atom stereocenters. The molecule has 0 unspecified atom stereocenters. The Kier molecular flexibility index (Phi) is 4.41. The second-order valence-electron chi connectivity index (χ2n) is 5.01. The minimum absolute atomic E-state index is 0.0913. The Morgan fingerprint density at radius 2 is 1.91 bits per heavy atom. The van der Waals surface area contributed by atoms with Gasteiger partial charge in [0.2, 0.25) is 5.91 Å². The van der Waals surface area contributed by atoms with Crippen molar-refractivity contribution in [3.63, 3.8) is 0 Å². The normalized spacial score (nSPS) is 10.3. The van der Waals surface area contributed by atoms with Gasteiger partial charge in [-0.25, -0.2) is 4.79 Å². The SMILES string of the molecule is Cc1ccc(C(=O)O)cc1NC(=O)Cn1cccc(C)c1=O. The number of amides is 1. The standard InChI is InChI=1S/C16H16N2O4/c1-10-5-6-12(16(21)22)8-13(10)17-14(19)9-18-7-3-4-11(2)15(18)20/h3-8H,9H2,1-2H3,(H,17,19)(H,21,22). The highest BCUT2D eigenvalue weighted by atomic mass is 16.4. The van der Waals surface area contributed by atoms with E-state index in [-0.39, 0.29) is 17.7 Å². The van der Waals surface area contributed by atoms with E-state index < -0.39 is 11.9 Å². The molecule has 2 rings (SSSR count). The molecule has 1 aromatic heterocycles. The summed E-state index contributed by atoms with van der Waals surface area (Å²) in [7, 11) is 0. The molecular weight excluding hydrogens is 284 g/mol. The third-order valence-electron chi connectivity index (χ3n) is 3.28. The molecule has 6 heteroatoms. The van der Waals surface area contributed by atoms with E-state index in [0.717, 1.165) is 5.56 Å². The van der Waals surface area contributed by atoms with Gasteiger partial charge < -0.3 is 15.0 Å². The van der Waals surface area contributed by atoms with Crippen molar-refractivity contribution in [1.82, 2.24) is 4.57 Å². The maximum Gasteiger partial charge on any atom is 0.335 e. The minimum atomic E-state index is -1.06. The highest BCUT2D eigenvalue weighted by Crippen LogP contribution is 2.17. The monoisotopic (exact) mass is 300 g/mol. The van der Waals surface area contributed by atoms with Gasteiger partial charge in [-0.3, -0.25) is 9.59 Å².